The minimum Gasteiger partial charge on any atom is -0.465 e. The van der Waals surface area contributed by atoms with Gasteiger partial charge in [0.2, 0.25) is 0 Å². The smallest absolute Gasteiger partial charge is 0.338 e. The summed E-state index contributed by atoms with van der Waals surface area (Å²) in [7, 11) is 1.10. The molecule has 0 amide bonds. The van der Waals surface area contributed by atoms with Crippen molar-refractivity contribution in [3.63, 3.8) is 0 Å². The number of pyridine rings is 1. The summed E-state index contributed by atoms with van der Waals surface area (Å²) >= 11 is 8.35. The van der Waals surface area contributed by atoms with Crippen molar-refractivity contribution in [2.75, 3.05) is 7.11 Å². The molecule has 0 radical (unpaired) electrons. The van der Waals surface area contributed by atoms with Crippen LogP contribution >= 0.6 is 27.5 Å². The van der Waals surface area contributed by atoms with Gasteiger partial charge >= 0.3 is 5.97 Å². The predicted octanol–water partition coefficient (Wildman–Crippen LogP) is 3.22. The fraction of sp³-hybridized carbons (Fsp3) is 0.250. The van der Waals surface area contributed by atoms with Gasteiger partial charge in [-0.2, -0.15) is 0 Å². The molecule has 7 heteroatoms. The molecule has 1 rings (SSSR count). The van der Waals surface area contributed by atoms with Crippen LogP contribution in [0.2, 0.25) is 5.15 Å². The second-order valence-electron chi connectivity index (χ2n) is 2.49. The van der Waals surface area contributed by atoms with E-state index in [0.717, 1.165) is 13.2 Å². The summed E-state index contributed by atoms with van der Waals surface area (Å²) in [4.78, 5) is 14.7. The molecule has 0 aliphatic carbocycles. The molecule has 0 aromatic carbocycles. The van der Waals surface area contributed by atoms with E-state index >= 15 is 0 Å². The SMILES string of the molecule is COC(=O)c1cc(Cl)nc(Br)c1C(F)F. The average molecular weight is 300 g/mol. The molecular formula is C8H5BrClF2NO2. The molecule has 0 atom stereocenters. The van der Waals surface area contributed by atoms with Crippen LogP contribution in [0.3, 0.4) is 0 Å². The van der Waals surface area contributed by atoms with E-state index in [-0.39, 0.29) is 15.3 Å². The van der Waals surface area contributed by atoms with Crippen LogP contribution in [-0.4, -0.2) is 18.1 Å². The topological polar surface area (TPSA) is 39.2 Å². The van der Waals surface area contributed by atoms with Crippen molar-refractivity contribution >= 4 is 33.5 Å². The van der Waals surface area contributed by atoms with Crippen LogP contribution in [0.5, 0.6) is 0 Å². The number of methoxy groups -OCH3 is 1. The number of ether oxygens (including phenoxy) is 1. The van der Waals surface area contributed by atoms with E-state index in [2.05, 4.69) is 25.7 Å². The summed E-state index contributed by atoms with van der Waals surface area (Å²) in [5.41, 5.74) is -0.814. The monoisotopic (exact) mass is 299 g/mol. The van der Waals surface area contributed by atoms with Crippen LogP contribution in [0.4, 0.5) is 8.78 Å². The summed E-state index contributed by atoms with van der Waals surface area (Å²) in [5, 5.41) is -0.0633. The Bertz CT molecular complexity index is 400. The minimum atomic E-state index is -2.83. The highest BCUT2D eigenvalue weighted by Crippen LogP contribution is 2.31. The number of carbonyl (C=O) groups excluding carboxylic acids is 1. The Morgan fingerprint density at radius 1 is 1.67 bits per heavy atom. The number of alkyl halides is 2. The highest BCUT2D eigenvalue weighted by atomic mass is 79.9. The van der Waals surface area contributed by atoms with E-state index in [1.165, 1.54) is 0 Å². The van der Waals surface area contributed by atoms with E-state index in [1.54, 1.807) is 0 Å². The first-order valence-electron chi connectivity index (χ1n) is 3.69. The molecule has 82 valence electrons. The molecule has 0 bridgehead atoms. The van der Waals surface area contributed by atoms with Crippen molar-refractivity contribution in [1.82, 2.24) is 4.98 Å². The van der Waals surface area contributed by atoms with E-state index in [1.807, 2.05) is 0 Å². The quantitative estimate of drug-likeness (QED) is 0.622. The maximum Gasteiger partial charge on any atom is 0.338 e. The van der Waals surface area contributed by atoms with Crippen molar-refractivity contribution < 1.29 is 18.3 Å². The first-order chi connectivity index (χ1) is 6.97. The van der Waals surface area contributed by atoms with E-state index < -0.39 is 18.0 Å². The maximum absolute atomic E-state index is 12.6. The number of hydrogen-bond donors (Lipinski definition) is 0. The summed E-state index contributed by atoms with van der Waals surface area (Å²) < 4.78 is 29.4. The molecular weight excluding hydrogens is 295 g/mol. The van der Waals surface area contributed by atoms with Crippen LogP contribution in [0, 0.1) is 0 Å². The minimum absolute atomic E-state index is 0.0633. The predicted molar refractivity (Wildman–Crippen MR) is 53.2 cm³/mol. The third-order valence-corrected chi connectivity index (χ3v) is 2.40. The molecule has 3 nitrogen and oxygen atoms in total. The third-order valence-electron chi connectivity index (χ3n) is 1.60. The second-order valence-corrected chi connectivity index (χ2v) is 3.63. The van der Waals surface area contributed by atoms with Crippen LogP contribution in [-0.2, 0) is 4.74 Å². The molecule has 1 aromatic rings. The molecule has 0 N–H and O–H groups in total. The fourth-order valence-electron chi connectivity index (χ4n) is 0.981. The second kappa shape index (κ2) is 4.85. The number of aromatic nitrogens is 1. The average Bonchev–Trinajstić information content (AvgIpc) is 2.14. The molecule has 0 aliphatic heterocycles. The van der Waals surface area contributed by atoms with Crippen molar-refractivity contribution in [2.45, 2.75) is 6.43 Å². The Kier molecular flexibility index (Phi) is 3.98. The van der Waals surface area contributed by atoms with E-state index in [4.69, 9.17) is 11.6 Å². The summed E-state index contributed by atoms with van der Waals surface area (Å²) in [6.07, 6.45) is -2.83. The molecule has 15 heavy (non-hydrogen) atoms. The largest absolute Gasteiger partial charge is 0.465 e. The number of hydrogen-bond acceptors (Lipinski definition) is 3. The number of halogens is 4. The molecule has 1 aromatic heterocycles. The lowest BCUT2D eigenvalue weighted by atomic mass is 10.1. The number of rotatable bonds is 2. The van der Waals surface area contributed by atoms with Gasteiger partial charge in [-0.25, -0.2) is 18.6 Å². The van der Waals surface area contributed by atoms with Gasteiger partial charge in [0, 0.05) is 0 Å². The number of esters is 1. The lowest BCUT2D eigenvalue weighted by Gasteiger charge is -2.08. The van der Waals surface area contributed by atoms with Gasteiger partial charge in [-0.1, -0.05) is 11.6 Å². The highest BCUT2D eigenvalue weighted by Gasteiger charge is 2.23. The molecule has 1 heterocycles. The molecule has 0 aliphatic rings. The fourth-order valence-corrected chi connectivity index (χ4v) is 1.85. The first kappa shape index (κ1) is 12.3. The van der Waals surface area contributed by atoms with E-state index in [0.29, 0.717) is 0 Å². The zero-order valence-corrected chi connectivity index (χ0v) is 9.77. The maximum atomic E-state index is 12.6. The van der Waals surface area contributed by atoms with Crippen molar-refractivity contribution in [1.29, 1.82) is 0 Å². The van der Waals surface area contributed by atoms with Gasteiger partial charge in [-0.05, 0) is 22.0 Å². The zero-order valence-electron chi connectivity index (χ0n) is 7.43. The van der Waals surface area contributed by atoms with Gasteiger partial charge in [0.05, 0.1) is 18.2 Å². The Hall–Kier alpha value is -0.750. The van der Waals surface area contributed by atoms with Gasteiger partial charge in [-0.3, -0.25) is 0 Å². The Balaban J connectivity index is 3.40. The van der Waals surface area contributed by atoms with Gasteiger partial charge in [-0.15, -0.1) is 0 Å². The normalized spacial score (nSPS) is 10.5. The van der Waals surface area contributed by atoms with Gasteiger partial charge in [0.1, 0.15) is 9.76 Å². The van der Waals surface area contributed by atoms with Gasteiger partial charge in [0.15, 0.2) is 0 Å². The van der Waals surface area contributed by atoms with Crippen molar-refractivity contribution in [2.24, 2.45) is 0 Å². The summed E-state index contributed by atoms with van der Waals surface area (Å²) in [5.74, 6) is -0.879. The van der Waals surface area contributed by atoms with Crippen molar-refractivity contribution in [3.05, 3.63) is 26.9 Å². The zero-order chi connectivity index (χ0) is 11.6. The molecule has 0 saturated heterocycles. The molecule has 0 saturated carbocycles. The first-order valence-corrected chi connectivity index (χ1v) is 4.87. The lowest BCUT2D eigenvalue weighted by molar-refractivity contribution is 0.0588. The lowest BCUT2D eigenvalue weighted by Crippen LogP contribution is -2.08. The van der Waals surface area contributed by atoms with Crippen LogP contribution in [0.1, 0.15) is 22.3 Å². The standard InChI is InChI=1S/C8H5BrClF2NO2/c1-15-8(14)3-2-4(10)13-6(9)5(3)7(11)12/h2,7H,1H3. The molecule has 0 unspecified atom stereocenters. The van der Waals surface area contributed by atoms with Crippen LogP contribution in [0.15, 0.2) is 10.7 Å². The third kappa shape index (κ3) is 2.63. The Labute approximate surface area is 97.5 Å². The summed E-state index contributed by atoms with van der Waals surface area (Å²) in [6.45, 7) is 0. The number of carbonyl (C=O) groups is 1. The Morgan fingerprint density at radius 3 is 2.73 bits per heavy atom. The van der Waals surface area contributed by atoms with E-state index in [9.17, 15) is 13.6 Å². The van der Waals surface area contributed by atoms with Crippen LogP contribution < -0.4 is 0 Å². The van der Waals surface area contributed by atoms with Crippen molar-refractivity contribution in [3.8, 4) is 0 Å². The van der Waals surface area contributed by atoms with Gasteiger partial charge < -0.3 is 4.74 Å². The molecule has 0 spiro atoms. The highest BCUT2D eigenvalue weighted by molar-refractivity contribution is 9.10. The molecule has 0 fully saturated rings. The Morgan fingerprint density at radius 2 is 2.27 bits per heavy atom. The van der Waals surface area contributed by atoms with Crippen LogP contribution in [0.25, 0.3) is 0 Å². The number of nitrogens with zero attached hydrogens (tertiary/aromatic N) is 1. The summed E-state index contributed by atoms with van der Waals surface area (Å²) in [6, 6.07) is 1.04. The van der Waals surface area contributed by atoms with Gasteiger partial charge in [0.25, 0.3) is 6.43 Å².